The Balaban J connectivity index is 1.97. The number of benzene rings is 1. The smallest absolute Gasteiger partial charge is 0.320 e. The SMILES string of the molecule is CCOC(=O)[C@@H]1CN(C(=O)N(C)C)[C@H]2c3ccc(OC)cc3O[C@@H]12. The predicted octanol–water partition coefficient (Wildman–Crippen LogP) is 1.67. The number of amides is 2. The normalized spacial score (nSPS) is 24.0. The molecule has 2 aliphatic rings. The molecule has 1 aromatic rings. The van der Waals surface area contributed by atoms with Crippen LogP contribution in [0.4, 0.5) is 4.79 Å². The summed E-state index contributed by atoms with van der Waals surface area (Å²) in [6.45, 7) is 2.36. The maximum atomic E-state index is 12.6. The number of esters is 1. The van der Waals surface area contributed by atoms with Gasteiger partial charge < -0.3 is 24.0 Å². The van der Waals surface area contributed by atoms with E-state index in [9.17, 15) is 9.59 Å². The van der Waals surface area contributed by atoms with Crippen molar-refractivity contribution in [2.75, 3.05) is 34.4 Å². The van der Waals surface area contributed by atoms with Crippen molar-refractivity contribution in [2.24, 2.45) is 5.92 Å². The van der Waals surface area contributed by atoms with Gasteiger partial charge in [-0.25, -0.2) is 4.79 Å². The Bertz CT molecular complexity index is 660. The van der Waals surface area contributed by atoms with Crippen LogP contribution in [0.5, 0.6) is 11.5 Å². The fourth-order valence-electron chi connectivity index (χ4n) is 3.36. The third kappa shape index (κ3) is 2.53. The maximum Gasteiger partial charge on any atom is 0.320 e. The molecule has 0 N–H and O–H groups in total. The second-order valence-electron chi connectivity index (χ2n) is 6.12. The van der Waals surface area contributed by atoms with Crippen LogP contribution in [0.25, 0.3) is 0 Å². The molecule has 0 aromatic heterocycles. The molecule has 1 aromatic carbocycles. The highest BCUT2D eigenvalue weighted by Crippen LogP contribution is 2.49. The number of likely N-dealkylation sites (tertiary alicyclic amines) is 1. The second-order valence-corrected chi connectivity index (χ2v) is 6.12. The lowest BCUT2D eigenvalue weighted by Crippen LogP contribution is -2.39. The van der Waals surface area contributed by atoms with E-state index in [0.717, 1.165) is 5.56 Å². The summed E-state index contributed by atoms with van der Waals surface area (Å²) in [5.74, 6) is 0.486. The van der Waals surface area contributed by atoms with E-state index in [1.165, 1.54) is 4.90 Å². The highest BCUT2D eigenvalue weighted by atomic mass is 16.5. The first-order valence-corrected chi connectivity index (χ1v) is 7.97. The average molecular weight is 334 g/mol. The van der Waals surface area contributed by atoms with Gasteiger partial charge in [0.15, 0.2) is 0 Å². The van der Waals surface area contributed by atoms with Crippen LogP contribution >= 0.6 is 0 Å². The first-order valence-electron chi connectivity index (χ1n) is 7.97. The van der Waals surface area contributed by atoms with E-state index in [1.807, 2.05) is 12.1 Å². The minimum absolute atomic E-state index is 0.149. The minimum atomic E-state index is -0.503. The number of hydrogen-bond acceptors (Lipinski definition) is 5. The van der Waals surface area contributed by atoms with Crippen LogP contribution in [0.2, 0.25) is 0 Å². The van der Waals surface area contributed by atoms with E-state index in [2.05, 4.69) is 0 Å². The summed E-state index contributed by atoms with van der Waals surface area (Å²) in [6, 6.07) is 5.07. The van der Waals surface area contributed by atoms with Crippen LogP contribution in [0.1, 0.15) is 18.5 Å². The molecule has 0 unspecified atom stereocenters. The summed E-state index contributed by atoms with van der Waals surface area (Å²) < 4.78 is 16.4. The van der Waals surface area contributed by atoms with Crippen molar-refractivity contribution in [2.45, 2.75) is 19.1 Å². The lowest BCUT2D eigenvalue weighted by Gasteiger charge is -2.26. The van der Waals surface area contributed by atoms with Crippen LogP contribution in [0, 0.1) is 5.92 Å². The van der Waals surface area contributed by atoms with E-state index < -0.39 is 12.0 Å². The minimum Gasteiger partial charge on any atom is -0.497 e. The molecule has 3 rings (SSSR count). The Morgan fingerprint density at radius 2 is 2.12 bits per heavy atom. The zero-order chi connectivity index (χ0) is 17.4. The molecular formula is C17H22N2O5. The van der Waals surface area contributed by atoms with Crippen molar-refractivity contribution >= 4 is 12.0 Å². The Labute approximate surface area is 141 Å². The van der Waals surface area contributed by atoms with Crippen molar-refractivity contribution in [1.29, 1.82) is 0 Å². The van der Waals surface area contributed by atoms with Gasteiger partial charge in [0.05, 0.1) is 13.7 Å². The molecule has 1 fully saturated rings. The Kier molecular flexibility index (Phi) is 4.26. The number of carbonyl (C=O) groups excluding carboxylic acids is 2. The van der Waals surface area contributed by atoms with E-state index in [-0.39, 0.29) is 24.6 Å². The molecule has 1 saturated heterocycles. The molecule has 2 amide bonds. The summed E-state index contributed by atoms with van der Waals surface area (Å²) >= 11 is 0. The van der Waals surface area contributed by atoms with Crippen molar-refractivity contribution in [3.8, 4) is 11.5 Å². The number of urea groups is 1. The van der Waals surface area contributed by atoms with E-state index in [0.29, 0.717) is 18.1 Å². The van der Waals surface area contributed by atoms with Gasteiger partial charge >= 0.3 is 12.0 Å². The fourth-order valence-corrected chi connectivity index (χ4v) is 3.36. The largest absolute Gasteiger partial charge is 0.497 e. The number of rotatable bonds is 3. The van der Waals surface area contributed by atoms with Gasteiger partial charge in [0.1, 0.15) is 29.6 Å². The van der Waals surface area contributed by atoms with E-state index >= 15 is 0 Å². The lowest BCUT2D eigenvalue weighted by molar-refractivity contribution is -0.149. The molecular weight excluding hydrogens is 312 g/mol. The van der Waals surface area contributed by atoms with Crippen molar-refractivity contribution in [3.05, 3.63) is 23.8 Å². The zero-order valence-corrected chi connectivity index (χ0v) is 14.3. The first kappa shape index (κ1) is 16.4. The topological polar surface area (TPSA) is 68.3 Å². The number of hydrogen-bond donors (Lipinski definition) is 0. The molecule has 24 heavy (non-hydrogen) atoms. The van der Waals surface area contributed by atoms with Crippen molar-refractivity contribution in [3.63, 3.8) is 0 Å². The van der Waals surface area contributed by atoms with Gasteiger partial charge in [-0.15, -0.1) is 0 Å². The highest BCUT2D eigenvalue weighted by Gasteiger charge is 2.54. The van der Waals surface area contributed by atoms with Gasteiger partial charge in [-0.05, 0) is 19.1 Å². The average Bonchev–Trinajstić information content (AvgIpc) is 3.10. The third-order valence-corrected chi connectivity index (χ3v) is 4.46. The number of nitrogens with zero attached hydrogens (tertiary/aromatic N) is 2. The van der Waals surface area contributed by atoms with Gasteiger partial charge in [0, 0.05) is 32.3 Å². The predicted molar refractivity (Wildman–Crippen MR) is 86.1 cm³/mol. The van der Waals surface area contributed by atoms with E-state index in [4.69, 9.17) is 14.2 Å². The first-order chi connectivity index (χ1) is 11.5. The molecule has 7 nitrogen and oxygen atoms in total. The molecule has 0 radical (unpaired) electrons. The summed E-state index contributed by atoms with van der Waals surface area (Å²) in [4.78, 5) is 28.1. The monoisotopic (exact) mass is 334 g/mol. The van der Waals surface area contributed by atoms with Crippen molar-refractivity contribution < 1.29 is 23.8 Å². The molecule has 0 aliphatic carbocycles. The lowest BCUT2D eigenvalue weighted by atomic mass is 9.99. The molecule has 130 valence electrons. The number of fused-ring (bicyclic) bond motifs is 3. The standard InChI is InChI=1S/C17H22N2O5/c1-5-23-16(20)12-9-19(17(21)18(2)3)14-11-7-6-10(22-4)8-13(11)24-15(12)14/h6-8,12,14-15H,5,9H2,1-4H3/t12-,14+,15+/m1/s1. The van der Waals surface area contributed by atoms with Crippen LogP contribution in [-0.4, -0.2) is 62.3 Å². The number of ether oxygens (including phenoxy) is 3. The van der Waals surface area contributed by atoms with Crippen LogP contribution < -0.4 is 9.47 Å². The van der Waals surface area contributed by atoms with Crippen molar-refractivity contribution in [1.82, 2.24) is 9.80 Å². The molecule has 3 atom stereocenters. The Morgan fingerprint density at radius 1 is 1.38 bits per heavy atom. The quantitative estimate of drug-likeness (QED) is 0.787. The molecule has 2 aliphatic heterocycles. The van der Waals surface area contributed by atoms with Crippen LogP contribution in [0.3, 0.4) is 0 Å². The molecule has 7 heteroatoms. The molecule has 0 saturated carbocycles. The van der Waals surface area contributed by atoms with Gasteiger partial charge in [0.25, 0.3) is 0 Å². The van der Waals surface area contributed by atoms with Gasteiger partial charge in [-0.1, -0.05) is 0 Å². The molecule has 0 spiro atoms. The third-order valence-electron chi connectivity index (χ3n) is 4.46. The fraction of sp³-hybridized carbons (Fsp3) is 0.529. The summed E-state index contributed by atoms with van der Waals surface area (Å²) in [5.41, 5.74) is 0.891. The van der Waals surface area contributed by atoms with Crippen LogP contribution in [0.15, 0.2) is 18.2 Å². The van der Waals surface area contributed by atoms with Gasteiger partial charge in [-0.2, -0.15) is 0 Å². The number of methoxy groups -OCH3 is 1. The Morgan fingerprint density at radius 3 is 2.75 bits per heavy atom. The number of carbonyl (C=O) groups is 2. The highest BCUT2D eigenvalue weighted by molar-refractivity contribution is 5.80. The van der Waals surface area contributed by atoms with Gasteiger partial charge in [0.2, 0.25) is 0 Å². The Hall–Kier alpha value is -2.44. The second kappa shape index (κ2) is 6.22. The summed E-state index contributed by atoms with van der Waals surface area (Å²) in [6.07, 6.45) is -0.435. The van der Waals surface area contributed by atoms with E-state index in [1.54, 1.807) is 39.1 Å². The maximum absolute atomic E-state index is 12.6. The van der Waals surface area contributed by atoms with Crippen LogP contribution in [-0.2, 0) is 9.53 Å². The molecule has 0 bridgehead atoms. The molecule has 2 heterocycles. The van der Waals surface area contributed by atoms with Gasteiger partial charge in [-0.3, -0.25) is 4.79 Å². The summed E-state index contributed by atoms with van der Waals surface area (Å²) in [7, 11) is 4.97. The summed E-state index contributed by atoms with van der Waals surface area (Å²) in [5, 5.41) is 0. The zero-order valence-electron chi connectivity index (χ0n) is 14.3.